The number of carbonyl (C=O) groups is 2. The molecule has 3 rings (SSSR count). The smallest absolute Gasteiger partial charge is 0.306 e. The van der Waals surface area contributed by atoms with Gasteiger partial charge in [-0.3, -0.25) is 14.5 Å². The van der Waals surface area contributed by atoms with E-state index in [9.17, 15) is 9.59 Å². The molecule has 1 aromatic heterocycles. The zero-order valence-electron chi connectivity index (χ0n) is 14.1. The van der Waals surface area contributed by atoms with Crippen molar-refractivity contribution >= 4 is 34.0 Å². The molecule has 1 aliphatic carbocycles. The normalized spacial score (nSPS) is 16.0. The molecule has 1 atom stereocenters. The Labute approximate surface area is 150 Å². The number of ether oxygens (including phenoxy) is 1. The molecule has 0 bridgehead atoms. The highest BCUT2D eigenvalue weighted by molar-refractivity contribution is 7.14. The third kappa shape index (κ3) is 4.54. The molecule has 0 saturated carbocycles. The Morgan fingerprint density at radius 2 is 2.12 bits per heavy atom. The minimum atomic E-state index is -0.211. The fourth-order valence-corrected chi connectivity index (χ4v) is 3.63. The number of hydrogen-bond acceptors (Lipinski definition) is 5. The second kappa shape index (κ2) is 8.07. The number of nitrogens with zero attached hydrogens (tertiary/aromatic N) is 2. The maximum absolute atomic E-state index is 12.0. The number of hydrogen-bond donors (Lipinski definition) is 0. The number of allylic oxidation sites excluding steroid dienone is 2. The van der Waals surface area contributed by atoms with Crippen LogP contribution in [0.25, 0.3) is 0 Å². The summed E-state index contributed by atoms with van der Waals surface area (Å²) in [4.78, 5) is 29.9. The molecule has 0 radical (unpaired) electrons. The molecular weight excluding hydrogens is 336 g/mol. The van der Waals surface area contributed by atoms with Gasteiger partial charge in [-0.05, 0) is 30.9 Å². The maximum atomic E-state index is 12.0. The predicted octanol–water partition coefficient (Wildman–Crippen LogP) is 4.23. The Balaban J connectivity index is 1.62. The van der Waals surface area contributed by atoms with Gasteiger partial charge in [0.2, 0.25) is 5.91 Å². The van der Waals surface area contributed by atoms with Crippen LogP contribution in [0.5, 0.6) is 0 Å². The highest BCUT2D eigenvalue weighted by Crippen LogP contribution is 2.29. The minimum Gasteiger partial charge on any atom is -0.459 e. The summed E-state index contributed by atoms with van der Waals surface area (Å²) < 4.78 is 5.32. The number of aromatic nitrogens is 1. The lowest BCUT2D eigenvalue weighted by Crippen LogP contribution is -2.22. The van der Waals surface area contributed by atoms with Crippen molar-refractivity contribution in [1.82, 2.24) is 4.98 Å². The van der Waals surface area contributed by atoms with Crippen molar-refractivity contribution in [2.24, 2.45) is 5.92 Å². The van der Waals surface area contributed by atoms with Crippen LogP contribution < -0.4 is 4.90 Å². The lowest BCUT2D eigenvalue weighted by atomic mass is 10.1. The van der Waals surface area contributed by atoms with Crippen molar-refractivity contribution in [1.29, 1.82) is 0 Å². The number of rotatable bonds is 6. The molecule has 1 aromatic carbocycles. The molecule has 0 saturated heterocycles. The lowest BCUT2D eigenvalue weighted by Gasteiger charge is -2.17. The Morgan fingerprint density at radius 3 is 2.80 bits per heavy atom. The Morgan fingerprint density at radius 1 is 1.32 bits per heavy atom. The van der Waals surface area contributed by atoms with Gasteiger partial charge in [-0.1, -0.05) is 30.4 Å². The Bertz CT molecular complexity index is 770. The first-order valence-electron chi connectivity index (χ1n) is 8.26. The van der Waals surface area contributed by atoms with Crippen LogP contribution in [0.2, 0.25) is 0 Å². The third-order valence-electron chi connectivity index (χ3n) is 3.98. The van der Waals surface area contributed by atoms with Crippen molar-refractivity contribution in [3.8, 4) is 0 Å². The van der Waals surface area contributed by atoms with Crippen molar-refractivity contribution < 1.29 is 14.3 Å². The summed E-state index contributed by atoms with van der Waals surface area (Å²) in [5.74, 6) is -0.0283. The van der Waals surface area contributed by atoms with Gasteiger partial charge < -0.3 is 4.74 Å². The highest BCUT2D eigenvalue weighted by atomic mass is 32.1. The standard InChI is InChI=1S/C19H20N2O3S/c1-14(22)21(17-9-3-2-4-10-17)19-20-16(13-25-19)12-24-18(23)11-15-7-5-6-8-15/h2-5,7,9-10,13,15H,6,8,11-12H2,1H3/t15-/m1/s1. The fourth-order valence-electron chi connectivity index (χ4n) is 2.76. The van der Waals surface area contributed by atoms with Crippen LogP contribution >= 0.6 is 11.3 Å². The Hall–Kier alpha value is -2.47. The topological polar surface area (TPSA) is 59.5 Å². The first-order chi connectivity index (χ1) is 12.1. The molecular formula is C19H20N2O3S. The fraction of sp³-hybridized carbons (Fsp3) is 0.316. The van der Waals surface area contributed by atoms with E-state index < -0.39 is 0 Å². The molecule has 0 fully saturated rings. The number of esters is 1. The van der Waals surface area contributed by atoms with Crippen molar-refractivity contribution in [2.45, 2.75) is 32.8 Å². The van der Waals surface area contributed by atoms with Crippen LogP contribution in [0.4, 0.5) is 10.8 Å². The molecule has 0 unspecified atom stereocenters. The number of para-hydroxylation sites is 1. The van der Waals surface area contributed by atoms with E-state index >= 15 is 0 Å². The van der Waals surface area contributed by atoms with E-state index in [0.29, 0.717) is 23.2 Å². The number of benzene rings is 1. The van der Waals surface area contributed by atoms with Gasteiger partial charge in [0.25, 0.3) is 0 Å². The molecule has 1 aliphatic rings. The SMILES string of the molecule is CC(=O)N(c1ccccc1)c1nc(COC(=O)C[C@@H]2C=CCC2)cs1. The molecule has 25 heavy (non-hydrogen) atoms. The number of thiazole rings is 1. The second-order valence-corrected chi connectivity index (χ2v) is 6.78. The molecule has 0 spiro atoms. The summed E-state index contributed by atoms with van der Waals surface area (Å²) in [6.07, 6.45) is 6.64. The van der Waals surface area contributed by atoms with Crippen molar-refractivity contribution in [3.05, 3.63) is 53.6 Å². The van der Waals surface area contributed by atoms with E-state index in [1.54, 1.807) is 4.90 Å². The zero-order chi connectivity index (χ0) is 17.6. The van der Waals surface area contributed by atoms with Crippen LogP contribution in [-0.4, -0.2) is 16.9 Å². The quantitative estimate of drug-likeness (QED) is 0.574. The first-order valence-corrected chi connectivity index (χ1v) is 9.14. The average Bonchev–Trinajstić information content (AvgIpc) is 3.26. The molecule has 1 heterocycles. The van der Waals surface area contributed by atoms with Crippen molar-refractivity contribution in [2.75, 3.05) is 4.90 Å². The van der Waals surface area contributed by atoms with E-state index in [0.717, 1.165) is 18.5 Å². The summed E-state index contributed by atoms with van der Waals surface area (Å²) in [6.45, 7) is 1.63. The van der Waals surface area contributed by atoms with Crippen LogP contribution in [0.15, 0.2) is 47.9 Å². The van der Waals surface area contributed by atoms with Gasteiger partial charge in [-0.15, -0.1) is 11.3 Å². The van der Waals surface area contributed by atoms with Crippen LogP contribution in [-0.2, 0) is 20.9 Å². The van der Waals surface area contributed by atoms with E-state index in [1.165, 1.54) is 18.3 Å². The van der Waals surface area contributed by atoms with Crippen LogP contribution in [0.1, 0.15) is 31.9 Å². The number of anilines is 2. The lowest BCUT2D eigenvalue weighted by molar-refractivity contribution is -0.145. The molecule has 5 nitrogen and oxygen atoms in total. The molecule has 1 amide bonds. The minimum absolute atomic E-state index is 0.114. The van der Waals surface area contributed by atoms with Crippen LogP contribution in [0.3, 0.4) is 0 Å². The maximum Gasteiger partial charge on any atom is 0.306 e. The van der Waals surface area contributed by atoms with E-state index in [-0.39, 0.29) is 18.5 Å². The first kappa shape index (κ1) is 17.4. The van der Waals surface area contributed by atoms with E-state index in [2.05, 4.69) is 17.1 Å². The van der Waals surface area contributed by atoms with E-state index in [1.807, 2.05) is 35.7 Å². The van der Waals surface area contributed by atoms with Gasteiger partial charge in [0.05, 0.1) is 17.8 Å². The third-order valence-corrected chi connectivity index (χ3v) is 4.86. The zero-order valence-corrected chi connectivity index (χ0v) is 14.9. The van der Waals surface area contributed by atoms with Gasteiger partial charge in [0, 0.05) is 12.3 Å². The van der Waals surface area contributed by atoms with Gasteiger partial charge in [-0.25, -0.2) is 4.98 Å². The predicted molar refractivity (Wildman–Crippen MR) is 97.7 cm³/mol. The van der Waals surface area contributed by atoms with Gasteiger partial charge in [0.1, 0.15) is 6.61 Å². The summed E-state index contributed by atoms with van der Waals surface area (Å²) >= 11 is 1.36. The molecule has 130 valence electrons. The average molecular weight is 356 g/mol. The number of carbonyl (C=O) groups excluding carboxylic acids is 2. The monoisotopic (exact) mass is 356 g/mol. The van der Waals surface area contributed by atoms with Crippen LogP contribution in [0, 0.1) is 5.92 Å². The van der Waals surface area contributed by atoms with Gasteiger partial charge >= 0.3 is 5.97 Å². The van der Waals surface area contributed by atoms with Gasteiger partial charge in [-0.2, -0.15) is 0 Å². The largest absolute Gasteiger partial charge is 0.459 e. The molecule has 0 N–H and O–H groups in total. The Kier molecular flexibility index (Phi) is 5.60. The van der Waals surface area contributed by atoms with E-state index in [4.69, 9.17) is 4.74 Å². The number of amides is 1. The summed E-state index contributed by atoms with van der Waals surface area (Å²) in [5.41, 5.74) is 1.42. The molecule has 0 aliphatic heterocycles. The summed E-state index contributed by atoms with van der Waals surface area (Å²) in [5, 5.41) is 2.39. The molecule has 6 heteroatoms. The van der Waals surface area contributed by atoms with Crippen molar-refractivity contribution in [3.63, 3.8) is 0 Å². The molecule has 2 aromatic rings. The second-order valence-electron chi connectivity index (χ2n) is 5.94. The highest BCUT2D eigenvalue weighted by Gasteiger charge is 2.19. The van der Waals surface area contributed by atoms with Gasteiger partial charge in [0.15, 0.2) is 5.13 Å². The summed E-state index contributed by atoms with van der Waals surface area (Å²) in [7, 11) is 0. The summed E-state index contributed by atoms with van der Waals surface area (Å²) in [6, 6.07) is 9.36.